The topological polar surface area (TPSA) is 52.8 Å². The van der Waals surface area contributed by atoms with Crippen LogP contribution in [-0.2, 0) is 0 Å². The van der Waals surface area contributed by atoms with Crippen molar-refractivity contribution in [3.05, 3.63) is 71.8 Å². The van der Waals surface area contributed by atoms with E-state index in [4.69, 9.17) is 0 Å². The third-order valence-corrected chi connectivity index (χ3v) is 3.55. The van der Waals surface area contributed by atoms with Crippen LogP contribution in [0.2, 0.25) is 0 Å². The maximum absolute atomic E-state index is 10.3. The number of hydrogen-bond acceptors (Lipinski definition) is 3. The number of hydrogen-bond donors (Lipinski definition) is 2. The summed E-state index contributed by atoms with van der Waals surface area (Å²) in [6.07, 6.45) is -0.302. The highest BCUT2D eigenvalue weighted by atomic mass is 16.4. The largest absolute Gasteiger partial charge is 0.411 e. The molecule has 1 aliphatic carbocycles. The molecule has 2 N–H and O–H groups in total. The Morgan fingerprint density at radius 3 is 1.95 bits per heavy atom. The number of benzene rings is 2. The molecule has 0 spiro atoms. The highest BCUT2D eigenvalue weighted by molar-refractivity contribution is 6.34. The van der Waals surface area contributed by atoms with Gasteiger partial charge in [-0.15, -0.1) is 0 Å². The van der Waals surface area contributed by atoms with Gasteiger partial charge in [-0.2, -0.15) is 0 Å². The summed E-state index contributed by atoms with van der Waals surface area (Å²) < 4.78 is 0. The average Bonchev–Trinajstić information content (AvgIpc) is 2.85. The lowest BCUT2D eigenvalue weighted by molar-refractivity contribution is 0.242. The predicted octanol–water partition coefficient (Wildman–Crippen LogP) is 3.19. The first-order chi connectivity index (χ1) is 9.81. The molecule has 0 saturated carbocycles. The minimum absolute atomic E-state index is 0.338. The number of nitrogens with zero attached hydrogens (tertiary/aromatic N) is 1. The highest BCUT2D eigenvalue weighted by Gasteiger charge is 2.31. The minimum atomic E-state index is -0.640. The van der Waals surface area contributed by atoms with Crippen LogP contribution in [0, 0.1) is 0 Å². The van der Waals surface area contributed by atoms with Gasteiger partial charge in [-0.25, -0.2) is 0 Å². The third-order valence-electron chi connectivity index (χ3n) is 3.55. The van der Waals surface area contributed by atoms with E-state index in [9.17, 15) is 10.3 Å². The molecule has 0 aromatic heterocycles. The lowest BCUT2D eigenvalue weighted by Gasteiger charge is -2.10. The summed E-state index contributed by atoms with van der Waals surface area (Å²) in [7, 11) is 0. The van der Waals surface area contributed by atoms with Crippen molar-refractivity contribution in [2.24, 2.45) is 5.16 Å². The monoisotopic (exact) mass is 265 g/mol. The molecular formula is C17H15NO2. The van der Waals surface area contributed by atoms with Crippen molar-refractivity contribution in [2.75, 3.05) is 0 Å². The fourth-order valence-corrected chi connectivity index (χ4v) is 2.68. The lowest BCUT2D eigenvalue weighted by atomic mass is 9.96. The number of rotatable bonds is 2. The fraction of sp³-hybridized carbons (Fsp3) is 0.118. The quantitative estimate of drug-likeness (QED) is 0.647. The number of aliphatic hydroxyl groups excluding tert-OH is 1. The number of allylic oxidation sites excluding steroid dienone is 1. The number of oxime groups is 1. The predicted molar refractivity (Wildman–Crippen MR) is 79.5 cm³/mol. The molecule has 3 heteroatoms. The van der Waals surface area contributed by atoms with Crippen LogP contribution < -0.4 is 0 Å². The Kier molecular flexibility index (Phi) is 3.35. The maximum Gasteiger partial charge on any atom is 0.0907 e. The van der Waals surface area contributed by atoms with Gasteiger partial charge in [0.05, 0.1) is 11.8 Å². The van der Waals surface area contributed by atoms with E-state index in [1.54, 1.807) is 0 Å². The smallest absolute Gasteiger partial charge is 0.0907 e. The fourth-order valence-electron chi connectivity index (χ4n) is 2.68. The molecule has 0 bridgehead atoms. The third kappa shape index (κ3) is 2.12. The second-order valence-electron chi connectivity index (χ2n) is 4.79. The molecule has 1 aliphatic rings. The van der Waals surface area contributed by atoms with Crippen molar-refractivity contribution in [3.8, 4) is 0 Å². The van der Waals surface area contributed by atoms with Gasteiger partial charge in [0.2, 0.25) is 0 Å². The van der Waals surface area contributed by atoms with E-state index in [2.05, 4.69) is 5.16 Å². The molecule has 0 saturated heterocycles. The van der Waals surface area contributed by atoms with Gasteiger partial charge in [0, 0.05) is 12.0 Å². The van der Waals surface area contributed by atoms with Crippen molar-refractivity contribution in [1.29, 1.82) is 0 Å². The van der Waals surface area contributed by atoms with Crippen LogP contribution in [0.3, 0.4) is 0 Å². The second kappa shape index (κ2) is 5.31. The lowest BCUT2D eigenvalue weighted by Crippen LogP contribution is -2.05. The van der Waals surface area contributed by atoms with E-state index in [-0.39, 0.29) is 0 Å². The van der Waals surface area contributed by atoms with E-state index < -0.39 is 6.10 Å². The average molecular weight is 265 g/mol. The molecule has 1 unspecified atom stereocenters. The molecule has 0 amide bonds. The van der Waals surface area contributed by atoms with Crippen LogP contribution in [-0.4, -0.2) is 22.1 Å². The Hall–Kier alpha value is -2.39. The summed E-state index contributed by atoms with van der Waals surface area (Å²) in [4.78, 5) is 0. The van der Waals surface area contributed by atoms with E-state index in [1.807, 2.05) is 60.7 Å². The molecule has 100 valence electrons. The van der Waals surface area contributed by atoms with Gasteiger partial charge < -0.3 is 10.3 Å². The molecule has 20 heavy (non-hydrogen) atoms. The molecule has 2 aromatic rings. The zero-order chi connectivity index (χ0) is 13.9. The van der Waals surface area contributed by atoms with Gasteiger partial charge in [-0.1, -0.05) is 65.8 Å². The SMILES string of the molecule is O/N=C1/CC(O)C(c2ccccc2)=C1c1ccccc1. The van der Waals surface area contributed by atoms with E-state index in [0.29, 0.717) is 12.1 Å². The summed E-state index contributed by atoms with van der Waals surface area (Å²) in [5.74, 6) is 0. The minimum Gasteiger partial charge on any atom is -0.411 e. The first-order valence-corrected chi connectivity index (χ1v) is 6.55. The van der Waals surface area contributed by atoms with E-state index in [0.717, 1.165) is 22.3 Å². The van der Waals surface area contributed by atoms with Crippen LogP contribution in [0.15, 0.2) is 65.8 Å². The standard InChI is InChI=1S/C17H15NO2/c19-15-11-14(18-20)16(12-7-3-1-4-8-12)17(15)13-9-5-2-6-10-13/h1-10,15,19-20H,11H2/b18-14-. The van der Waals surface area contributed by atoms with Crippen molar-refractivity contribution in [3.63, 3.8) is 0 Å². The first-order valence-electron chi connectivity index (χ1n) is 6.55. The zero-order valence-electron chi connectivity index (χ0n) is 10.9. The Balaban J connectivity index is 2.23. The normalized spacial score (nSPS) is 20.6. The Morgan fingerprint density at radius 2 is 1.40 bits per heavy atom. The van der Waals surface area contributed by atoms with Crippen LogP contribution in [0.5, 0.6) is 0 Å². The van der Waals surface area contributed by atoms with Crippen molar-refractivity contribution < 1.29 is 10.3 Å². The molecule has 0 heterocycles. The van der Waals surface area contributed by atoms with Crippen LogP contribution in [0.1, 0.15) is 17.5 Å². The van der Waals surface area contributed by atoms with Crippen LogP contribution >= 0.6 is 0 Å². The molecule has 1 atom stereocenters. The number of aliphatic hydroxyl groups is 1. The molecule has 0 aliphatic heterocycles. The maximum atomic E-state index is 10.3. The van der Waals surface area contributed by atoms with Crippen molar-refractivity contribution in [2.45, 2.75) is 12.5 Å². The Labute approximate surface area is 117 Å². The van der Waals surface area contributed by atoms with Gasteiger partial charge in [-0.05, 0) is 16.7 Å². The van der Waals surface area contributed by atoms with Crippen LogP contribution in [0.25, 0.3) is 11.1 Å². The zero-order valence-corrected chi connectivity index (χ0v) is 10.9. The van der Waals surface area contributed by atoms with Gasteiger partial charge in [0.15, 0.2) is 0 Å². The molecule has 0 radical (unpaired) electrons. The molecule has 0 fully saturated rings. The Bertz CT molecular complexity index is 660. The van der Waals surface area contributed by atoms with Gasteiger partial charge in [0.25, 0.3) is 0 Å². The summed E-state index contributed by atoms with van der Waals surface area (Å²) in [6, 6.07) is 19.5. The highest BCUT2D eigenvalue weighted by Crippen LogP contribution is 2.38. The van der Waals surface area contributed by atoms with Crippen molar-refractivity contribution in [1.82, 2.24) is 0 Å². The van der Waals surface area contributed by atoms with Crippen molar-refractivity contribution >= 4 is 16.9 Å². The van der Waals surface area contributed by atoms with E-state index >= 15 is 0 Å². The first kappa shape index (κ1) is 12.6. The summed E-state index contributed by atoms with van der Waals surface area (Å²) in [6.45, 7) is 0. The molecule has 3 rings (SSSR count). The summed E-state index contributed by atoms with van der Waals surface area (Å²) in [5, 5.41) is 22.9. The van der Waals surface area contributed by atoms with Gasteiger partial charge in [-0.3, -0.25) is 0 Å². The van der Waals surface area contributed by atoms with Crippen LogP contribution in [0.4, 0.5) is 0 Å². The second-order valence-corrected chi connectivity index (χ2v) is 4.79. The summed E-state index contributed by atoms with van der Waals surface area (Å²) >= 11 is 0. The molecular weight excluding hydrogens is 250 g/mol. The molecule has 3 nitrogen and oxygen atoms in total. The van der Waals surface area contributed by atoms with Gasteiger partial charge >= 0.3 is 0 Å². The Morgan fingerprint density at radius 1 is 0.850 bits per heavy atom. The summed E-state index contributed by atoms with van der Waals surface area (Å²) in [5.41, 5.74) is 4.09. The van der Waals surface area contributed by atoms with Gasteiger partial charge in [0.1, 0.15) is 0 Å². The molecule has 2 aromatic carbocycles. The van der Waals surface area contributed by atoms with E-state index in [1.165, 1.54) is 0 Å².